The third kappa shape index (κ3) is 5.32. The summed E-state index contributed by atoms with van der Waals surface area (Å²) in [6.07, 6.45) is 5.70. The van der Waals surface area contributed by atoms with E-state index in [-0.39, 0.29) is 28.9 Å². The molecule has 1 saturated heterocycles. The van der Waals surface area contributed by atoms with E-state index in [1.54, 1.807) is 24.5 Å². The summed E-state index contributed by atoms with van der Waals surface area (Å²) < 4.78 is 19.9. The Kier molecular flexibility index (Phi) is 7.66. The average molecular weight is 538 g/mol. The monoisotopic (exact) mass is 537 g/mol. The zero-order valence-electron chi connectivity index (χ0n) is 22.4. The topological polar surface area (TPSA) is 107 Å². The molecular weight excluding hydrogens is 509 g/mol. The van der Waals surface area contributed by atoms with E-state index in [0.717, 1.165) is 30.8 Å². The maximum Gasteiger partial charge on any atom is 0.274 e. The molecule has 40 heavy (non-hydrogen) atoms. The van der Waals surface area contributed by atoms with Gasteiger partial charge in [0.15, 0.2) is 5.82 Å². The summed E-state index contributed by atoms with van der Waals surface area (Å²) in [7, 11) is 5.49. The van der Waals surface area contributed by atoms with Crippen molar-refractivity contribution in [3.05, 3.63) is 84.2 Å². The van der Waals surface area contributed by atoms with Crippen molar-refractivity contribution in [2.45, 2.75) is 12.5 Å². The molecule has 0 radical (unpaired) electrons. The number of likely N-dealkylation sites (N-methyl/N-ethyl adjacent to an activating group) is 1. The fourth-order valence-electron chi connectivity index (χ4n) is 4.82. The highest BCUT2D eigenvalue weighted by Crippen LogP contribution is 2.38. The van der Waals surface area contributed by atoms with Crippen molar-refractivity contribution < 1.29 is 13.9 Å². The third-order valence-corrected chi connectivity index (χ3v) is 6.83. The maximum atomic E-state index is 14.7. The summed E-state index contributed by atoms with van der Waals surface area (Å²) in [5.74, 6) is -0.691. The molecule has 202 valence electrons. The van der Waals surface area contributed by atoms with E-state index in [1.165, 1.54) is 31.5 Å². The van der Waals surface area contributed by atoms with Crippen LogP contribution >= 0.6 is 0 Å². The molecule has 1 aliphatic heterocycles. The van der Waals surface area contributed by atoms with Crippen molar-refractivity contribution in [2.24, 2.45) is 0 Å². The molecule has 1 amide bonds. The van der Waals surface area contributed by atoms with Crippen molar-refractivity contribution >= 4 is 17.3 Å². The van der Waals surface area contributed by atoms with Crippen molar-refractivity contribution in [3.8, 4) is 34.3 Å². The van der Waals surface area contributed by atoms with Crippen molar-refractivity contribution in [2.75, 3.05) is 44.5 Å². The third-order valence-electron chi connectivity index (χ3n) is 6.83. The minimum absolute atomic E-state index is 0.0487. The smallest absolute Gasteiger partial charge is 0.274 e. The second-order valence-corrected chi connectivity index (χ2v) is 9.70. The minimum Gasteiger partial charge on any atom is -0.496 e. The molecule has 0 saturated carbocycles. The van der Waals surface area contributed by atoms with Crippen LogP contribution in [0.25, 0.3) is 22.5 Å². The van der Waals surface area contributed by atoms with Gasteiger partial charge in [-0.2, -0.15) is 5.26 Å². The SMILES string of the molecule is COc1cccc(F)c1-c1nccc(C(=O)Nc2ccc(-c3cnccc3C#N)cc2N2CCC2CN(C)C)n1. The Hall–Kier alpha value is -4.88. The molecule has 1 aliphatic rings. The van der Waals surface area contributed by atoms with Crippen LogP contribution in [0.15, 0.2) is 67.1 Å². The van der Waals surface area contributed by atoms with E-state index >= 15 is 0 Å². The number of hydrogen-bond acceptors (Lipinski definition) is 8. The maximum absolute atomic E-state index is 14.7. The van der Waals surface area contributed by atoms with Crippen molar-refractivity contribution in [1.82, 2.24) is 19.9 Å². The fourth-order valence-corrected chi connectivity index (χ4v) is 4.82. The molecule has 1 atom stereocenters. The number of methoxy groups -OCH3 is 1. The Morgan fingerprint density at radius 2 is 2.08 bits per heavy atom. The zero-order chi connectivity index (χ0) is 28.2. The predicted molar refractivity (Wildman–Crippen MR) is 151 cm³/mol. The molecule has 1 N–H and O–H groups in total. The van der Waals surface area contributed by atoms with Gasteiger partial charge in [-0.25, -0.2) is 14.4 Å². The number of hydrogen-bond donors (Lipinski definition) is 1. The number of ether oxygens (including phenoxy) is 1. The summed E-state index contributed by atoms with van der Waals surface area (Å²) in [5, 5.41) is 12.6. The fraction of sp³-hybridized carbons (Fsp3) is 0.233. The number of rotatable bonds is 8. The summed E-state index contributed by atoms with van der Waals surface area (Å²) in [5.41, 5.74) is 3.66. The molecule has 0 aliphatic carbocycles. The van der Waals surface area contributed by atoms with Gasteiger partial charge in [-0.3, -0.25) is 9.78 Å². The van der Waals surface area contributed by atoms with E-state index < -0.39 is 11.7 Å². The lowest BCUT2D eigenvalue weighted by molar-refractivity contribution is 0.102. The summed E-state index contributed by atoms with van der Waals surface area (Å²) in [4.78, 5) is 30.5. The average Bonchev–Trinajstić information content (AvgIpc) is 2.96. The van der Waals surface area contributed by atoms with Gasteiger partial charge in [0.05, 0.1) is 35.7 Å². The Bertz CT molecular complexity index is 1600. The van der Waals surface area contributed by atoms with Gasteiger partial charge in [-0.05, 0) is 62.5 Å². The first kappa shape index (κ1) is 26.7. The molecule has 0 bridgehead atoms. The number of halogens is 1. The number of carbonyl (C=O) groups excluding carboxylic acids is 1. The van der Waals surface area contributed by atoms with Crippen LogP contribution in [0.1, 0.15) is 22.5 Å². The largest absolute Gasteiger partial charge is 0.496 e. The number of nitriles is 1. The van der Waals surface area contributed by atoms with E-state index in [9.17, 15) is 14.4 Å². The molecule has 5 rings (SSSR count). The normalized spacial score (nSPS) is 14.4. The number of anilines is 2. The second kappa shape index (κ2) is 11.5. The lowest BCUT2D eigenvalue weighted by Crippen LogP contribution is -2.53. The van der Waals surface area contributed by atoms with Gasteiger partial charge >= 0.3 is 0 Å². The number of benzene rings is 2. The number of pyridine rings is 1. The number of aromatic nitrogens is 3. The molecule has 9 nitrogen and oxygen atoms in total. The molecule has 1 unspecified atom stereocenters. The molecule has 10 heteroatoms. The molecular formula is C30H28FN7O2. The Balaban J connectivity index is 1.50. The number of nitrogens with one attached hydrogen (secondary N) is 1. The van der Waals surface area contributed by atoms with Crippen LogP contribution in [-0.2, 0) is 0 Å². The molecule has 0 spiro atoms. The van der Waals surface area contributed by atoms with Gasteiger partial charge < -0.3 is 19.9 Å². The first-order valence-corrected chi connectivity index (χ1v) is 12.8. The number of carbonyl (C=O) groups is 1. The quantitative estimate of drug-likeness (QED) is 0.347. The lowest BCUT2D eigenvalue weighted by Gasteiger charge is -2.45. The minimum atomic E-state index is -0.549. The first-order valence-electron chi connectivity index (χ1n) is 12.8. The standard InChI is InChI=1S/C30H28FN7O2/c1-37(2)18-21-11-14-38(21)26-15-19(22-17-33-12-9-20(22)16-32)7-8-24(26)36-30(39)25-10-13-34-29(35-25)28-23(31)5-4-6-27(28)40-3/h4-10,12-13,15,17,21H,11,14,18H2,1-3H3,(H,36,39). The lowest BCUT2D eigenvalue weighted by atomic mass is 9.97. The molecule has 1 fully saturated rings. The van der Waals surface area contributed by atoms with E-state index in [0.29, 0.717) is 16.8 Å². The van der Waals surface area contributed by atoms with Gasteiger partial charge in [-0.15, -0.1) is 0 Å². The molecule has 4 aromatic rings. The number of nitrogens with zero attached hydrogens (tertiary/aromatic N) is 6. The Labute approximate surface area is 231 Å². The van der Waals surface area contributed by atoms with Crippen LogP contribution < -0.4 is 15.0 Å². The zero-order valence-corrected chi connectivity index (χ0v) is 22.4. The second-order valence-electron chi connectivity index (χ2n) is 9.70. The Morgan fingerprint density at radius 3 is 2.80 bits per heavy atom. The highest BCUT2D eigenvalue weighted by Gasteiger charge is 2.31. The van der Waals surface area contributed by atoms with Gasteiger partial charge in [-0.1, -0.05) is 12.1 Å². The van der Waals surface area contributed by atoms with Crippen LogP contribution in [0.4, 0.5) is 15.8 Å². The summed E-state index contributed by atoms with van der Waals surface area (Å²) >= 11 is 0. The summed E-state index contributed by atoms with van der Waals surface area (Å²) in [6, 6.07) is 15.7. The van der Waals surface area contributed by atoms with Gasteiger partial charge in [0, 0.05) is 43.3 Å². The van der Waals surface area contributed by atoms with Crippen LogP contribution in [-0.4, -0.2) is 66.1 Å². The Morgan fingerprint density at radius 1 is 1.23 bits per heavy atom. The highest BCUT2D eigenvalue weighted by molar-refractivity contribution is 6.05. The van der Waals surface area contributed by atoms with Crippen LogP contribution in [0.5, 0.6) is 5.75 Å². The van der Waals surface area contributed by atoms with Gasteiger partial charge in [0.1, 0.15) is 17.3 Å². The van der Waals surface area contributed by atoms with Gasteiger partial charge in [0.2, 0.25) is 0 Å². The predicted octanol–water partition coefficient (Wildman–Crippen LogP) is 4.62. The molecule has 2 aromatic heterocycles. The van der Waals surface area contributed by atoms with E-state index in [4.69, 9.17) is 4.74 Å². The van der Waals surface area contributed by atoms with E-state index in [2.05, 4.69) is 36.1 Å². The van der Waals surface area contributed by atoms with Crippen LogP contribution in [0.2, 0.25) is 0 Å². The molecule has 3 heterocycles. The summed E-state index contributed by atoms with van der Waals surface area (Å²) in [6.45, 7) is 1.68. The van der Waals surface area contributed by atoms with Crippen LogP contribution in [0.3, 0.4) is 0 Å². The van der Waals surface area contributed by atoms with Crippen molar-refractivity contribution in [1.29, 1.82) is 5.26 Å². The molecule has 2 aromatic carbocycles. The van der Waals surface area contributed by atoms with Crippen molar-refractivity contribution in [3.63, 3.8) is 0 Å². The first-order chi connectivity index (χ1) is 19.4. The number of amides is 1. The van der Waals surface area contributed by atoms with Gasteiger partial charge in [0.25, 0.3) is 5.91 Å². The van der Waals surface area contributed by atoms with Crippen LogP contribution in [0, 0.1) is 17.1 Å². The highest BCUT2D eigenvalue weighted by atomic mass is 19.1. The van der Waals surface area contributed by atoms with E-state index in [1.807, 2.05) is 32.3 Å².